The summed E-state index contributed by atoms with van der Waals surface area (Å²) in [4.78, 5) is 29.8. The average Bonchev–Trinajstić information content (AvgIpc) is 3.34. The summed E-state index contributed by atoms with van der Waals surface area (Å²) >= 11 is 1.49. The molecule has 0 aliphatic carbocycles. The summed E-state index contributed by atoms with van der Waals surface area (Å²) in [6, 6.07) is 23.0. The van der Waals surface area contributed by atoms with Gasteiger partial charge in [0.2, 0.25) is 11.1 Å². The van der Waals surface area contributed by atoms with Crippen LogP contribution in [0.25, 0.3) is 0 Å². The van der Waals surface area contributed by atoms with Crippen molar-refractivity contribution in [2.24, 2.45) is 0 Å². The zero-order valence-electron chi connectivity index (χ0n) is 20.7. The van der Waals surface area contributed by atoms with Gasteiger partial charge in [-0.2, -0.15) is 4.98 Å². The highest BCUT2D eigenvalue weighted by Gasteiger charge is 2.34. The Morgan fingerprint density at radius 1 is 1.05 bits per heavy atom. The number of anilines is 2. The lowest BCUT2D eigenvalue weighted by atomic mass is 9.94. The zero-order chi connectivity index (χ0) is 26.6. The number of rotatable bonds is 8. The van der Waals surface area contributed by atoms with E-state index in [2.05, 4.69) is 15.6 Å². The van der Waals surface area contributed by atoms with Crippen LogP contribution in [-0.4, -0.2) is 38.9 Å². The Morgan fingerprint density at radius 2 is 1.76 bits per heavy atom. The molecule has 0 radical (unpaired) electrons. The number of carbonyl (C=O) groups excluding carboxylic acids is 1. The summed E-state index contributed by atoms with van der Waals surface area (Å²) in [5.74, 6) is 0.358. The number of nitrogens with one attached hydrogen (secondary N) is 2. The maximum absolute atomic E-state index is 13.7. The predicted octanol–water partition coefficient (Wildman–Crippen LogP) is 5.20. The molecule has 10 heteroatoms. The van der Waals surface area contributed by atoms with E-state index in [1.807, 2.05) is 49.4 Å². The molecule has 38 heavy (non-hydrogen) atoms. The molecule has 1 amide bonds. The van der Waals surface area contributed by atoms with E-state index in [-0.39, 0.29) is 11.5 Å². The molecule has 0 saturated carbocycles. The summed E-state index contributed by atoms with van der Waals surface area (Å²) in [6.07, 6.45) is 0. The molecule has 1 aliphatic heterocycles. The lowest BCUT2D eigenvalue weighted by Gasteiger charge is -2.28. The first kappa shape index (κ1) is 25.1. The van der Waals surface area contributed by atoms with Crippen LogP contribution < -0.4 is 15.4 Å². The number of thioether (sulfide) groups is 1. The van der Waals surface area contributed by atoms with Crippen LogP contribution in [0, 0.1) is 0 Å². The normalized spacial score (nSPS) is 14.4. The van der Waals surface area contributed by atoms with Gasteiger partial charge >= 0.3 is 5.97 Å². The Labute approximate surface area is 223 Å². The van der Waals surface area contributed by atoms with Crippen LogP contribution in [0.3, 0.4) is 0 Å². The summed E-state index contributed by atoms with van der Waals surface area (Å²) in [5, 5.41) is 20.8. The molecular weight excluding hydrogens is 502 g/mol. The minimum absolute atomic E-state index is 0.154. The zero-order valence-corrected chi connectivity index (χ0v) is 21.5. The third kappa shape index (κ3) is 5.12. The smallest absolute Gasteiger partial charge is 0.335 e. The van der Waals surface area contributed by atoms with Crippen LogP contribution >= 0.6 is 11.8 Å². The molecule has 4 aromatic rings. The number of carboxylic acid groups (broad SMARTS) is 1. The number of methoxy groups -OCH3 is 1. The molecular formula is C28H25N5O4S. The number of carbonyl (C=O) groups is 2. The van der Waals surface area contributed by atoms with Gasteiger partial charge in [0.05, 0.1) is 23.9 Å². The molecule has 0 spiro atoms. The van der Waals surface area contributed by atoms with E-state index in [9.17, 15) is 14.7 Å². The van der Waals surface area contributed by atoms with Crippen LogP contribution in [0.15, 0.2) is 95.3 Å². The van der Waals surface area contributed by atoms with Crippen LogP contribution in [0.1, 0.15) is 34.5 Å². The van der Waals surface area contributed by atoms with Crippen molar-refractivity contribution in [2.45, 2.75) is 23.9 Å². The molecule has 5 rings (SSSR count). The van der Waals surface area contributed by atoms with E-state index >= 15 is 0 Å². The van der Waals surface area contributed by atoms with Crippen LogP contribution in [0.4, 0.5) is 11.6 Å². The Balaban J connectivity index is 1.51. The third-order valence-electron chi connectivity index (χ3n) is 6.12. The number of allylic oxidation sites excluding steroid dienone is 1. The van der Waals surface area contributed by atoms with Gasteiger partial charge in [-0.1, -0.05) is 66.4 Å². The average molecular weight is 528 g/mol. The van der Waals surface area contributed by atoms with E-state index in [1.54, 1.807) is 36.1 Å². The van der Waals surface area contributed by atoms with E-state index in [0.717, 1.165) is 5.56 Å². The molecule has 0 saturated heterocycles. The molecule has 192 valence electrons. The number of hydrogen-bond acceptors (Lipinski definition) is 7. The largest absolute Gasteiger partial charge is 0.495 e. The van der Waals surface area contributed by atoms with E-state index in [1.165, 1.54) is 23.9 Å². The number of nitrogens with zero attached hydrogens (tertiary/aromatic N) is 3. The lowest BCUT2D eigenvalue weighted by Crippen LogP contribution is -2.31. The fourth-order valence-corrected chi connectivity index (χ4v) is 5.05. The van der Waals surface area contributed by atoms with Crippen molar-refractivity contribution in [3.8, 4) is 5.75 Å². The highest BCUT2D eigenvalue weighted by molar-refractivity contribution is 7.98. The van der Waals surface area contributed by atoms with Gasteiger partial charge in [0.1, 0.15) is 11.8 Å². The van der Waals surface area contributed by atoms with Gasteiger partial charge in [0.15, 0.2) is 0 Å². The van der Waals surface area contributed by atoms with Gasteiger partial charge in [0.25, 0.3) is 5.91 Å². The second-order valence-electron chi connectivity index (χ2n) is 8.58. The predicted molar refractivity (Wildman–Crippen MR) is 146 cm³/mol. The van der Waals surface area contributed by atoms with Crippen molar-refractivity contribution in [3.05, 3.63) is 107 Å². The van der Waals surface area contributed by atoms with Crippen molar-refractivity contribution in [1.29, 1.82) is 0 Å². The minimum Gasteiger partial charge on any atom is -0.495 e. The molecule has 0 bridgehead atoms. The molecule has 3 aromatic carbocycles. The quantitative estimate of drug-likeness (QED) is 0.268. The van der Waals surface area contributed by atoms with Crippen molar-refractivity contribution < 1.29 is 19.4 Å². The number of fused-ring (bicyclic) bond motifs is 1. The van der Waals surface area contributed by atoms with Gasteiger partial charge < -0.3 is 20.5 Å². The highest BCUT2D eigenvalue weighted by atomic mass is 32.2. The van der Waals surface area contributed by atoms with Gasteiger partial charge in [-0.3, -0.25) is 4.79 Å². The summed E-state index contributed by atoms with van der Waals surface area (Å²) in [6.45, 7) is 1.81. The number of aromatic carboxylic acids is 1. The fourth-order valence-electron chi connectivity index (χ4n) is 4.26. The molecule has 9 nitrogen and oxygen atoms in total. The fraction of sp³-hybridized carbons (Fsp3) is 0.143. The maximum Gasteiger partial charge on any atom is 0.335 e. The number of benzene rings is 3. The summed E-state index contributed by atoms with van der Waals surface area (Å²) < 4.78 is 7.07. The SMILES string of the molecule is COc1ccccc1NC(=O)C1=C(C)Nc2nc(SCc3ccccc3)nn2[C@@H]1c1ccc(C(=O)O)cc1. The van der Waals surface area contributed by atoms with Crippen LogP contribution in [0.2, 0.25) is 0 Å². The Kier molecular flexibility index (Phi) is 7.14. The number of ether oxygens (including phenoxy) is 1. The van der Waals surface area contributed by atoms with E-state index in [4.69, 9.17) is 9.84 Å². The standard InChI is InChI=1S/C28H25N5O4S/c1-17-23(25(34)30-21-10-6-7-11-22(21)37-2)24(19-12-14-20(15-13-19)26(35)36)33-27(29-17)31-28(32-33)38-16-18-8-4-3-5-9-18/h3-15,24H,16H2,1-2H3,(H,30,34)(H,35,36)(H,29,31,32)/t24-/m1/s1. The van der Waals surface area contributed by atoms with Crippen molar-refractivity contribution >= 4 is 35.3 Å². The first-order valence-corrected chi connectivity index (χ1v) is 12.8. The van der Waals surface area contributed by atoms with Gasteiger partial charge in [-0.25, -0.2) is 9.48 Å². The molecule has 2 heterocycles. The highest BCUT2D eigenvalue weighted by Crippen LogP contribution is 2.37. The van der Waals surface area contributed by atoms with Gasteiger partial charge in [-0.15, -0.1) is 5.10 Å². The number of aromatic nitrogens is 3. The van der Waals surface area contributed by atoms with Crippen molar-refractivity contribution in [3.63, 3.8) is 0 Å². The second-order valence-corrected chi connectivity index (χ2v) is 9.53. The molecule has 0 unspecified atom stereocenters. The van der Waals surface area contributed by atoms with E-state index < -0.39 is 12.0 Å². The van der Waals surface area contributed by atoms with E-state index in [0.29, 0.717) is 45.1 Å². The van der Waals surface area contributed by atoms with Crippen LogP contribution in [0.5, 0.6) is 5.75 Å². The Hall–Kier alpha value is -4.57. The van der Waals surface area contributed by atoms with Gasteiger partial charge in [-0.05, 0) is 42.3 Å². The number of para-hydroxylation sites is 2. The number of hydrogen-bond donors (Lipinski definition) is 3. The number of carboxylic acids is 1. The maximum atomic E-state index is 13.7. The first-order valence-electron chi connectivity index (χ1n) is 11.8. The van der Waals surface area contributed by atoms with Crippen molar-refractivity contribution in [1.82, 2.24) is 14.8 Å². The van der Waals surface area contributed by atoms with Gasteiger partial charge in [0, 0.05) is 11.4 Å². The monoisotopic (exact) mass is 527 g/mol. The minimum atomic E-state index is -1.02. The van der Waals surface area contributed by atoms with Crippen molar-refractivity contribution in [2.75, 3.05) is 17.7 Å². The Morgan fingerprint density at radius 3 is 2.47 bits per heavy atom. The first-order chi connectivity index (χ1) is 18.4. The number of amides is 1. The molecule has 1 aliphatic rings. The molecule has 1 aromatic heterocycles. The Bertz CT molecular complexity index is 1520. The molecule has 3 N–H and O–H groups in total. The summed E-state index contributed by atoms with van der Waals surface area (Å²) in [5.41, 5.74) is 3.57. The molecule has 0 fully saturated rings. The lowest BCUT2D eigenvalue weighted by molar-refractivity contribution is -0.113. The van der Waals surface area contributed by atoms with Crippen LogP contribution in [-0.2, 0) is 10.5 Å². The second kappa shape index (κ2) is 10.8. The topological polar surface area (TPSA) is 118 Å². The third-order valence-corrected chi connectivity index (χ3v) is 7.03. The summed E-state index contributed by atoms with van der Waals surface area (Å²) in [7, 11) is 1.54. The molecule has 1 atom stereocenters.